The van der Waals surface area contributed by atoms with Crippen LogP contribution < -0.4 is 10.6 Å². The number of anilines is 1. The lowest BCUT2D eigenvalue weighted by atomic mass is 10.1. The van der Waals surface area contributed by atoms with Gasteiger partial charge < -0.3 is 9.84 Å². The van der Waals surface area contributed by atoms with E-state index in [0.717, 1.165) is 0 Å². The quantitative estimate of drug-likeness (QED) is 0.890. The molecule has 0 aliphatic heterocycles. The zero-order chi connectivity index (χ0) is 13.7. The van der Waals surface area contributed by atoms with Gasteiger partial charge in [0.15, 0.2) is 5.82 Å². The molecule has 2 N–H and O–H groups in total. The maximum atomic E-state index is 13.3. The summed E-state index contributed by atoms with van der Waals surface area (Å²) >= 11 is 0. The molecule has 5 nitrogen and oxygen atoms in total. The summed E-state index contributed by atoms with van der Waals surface area (Å²) in [5, 5.41) is 8.76. The number of aromatic nitrogens is 1. The molecule has 100 valence electrons. The normalized spacial score (nSPS) is 10.2. The molecular weight excluding hydrogens is 249 g/mol. The van der Waals surface area contributed by atoms with E-state index >= 15 is 0 Å². The molecule has 0 radical (unpaired) electrons. The van der Waals surface area contributed by atoms with Gasteiger partial charge in [0.05, 0.1) is 0 Å². The summed E-state index contributed by atoms with van der Waals surface area (Å²) in [6.45, 7) is 2.07. The van der Waals surface area contributed by atoms with Gasteiger partial charge in [0, 0.05) is 12.6 Å². The second-order valence-electron chi connectivity index (χ2n) is 4.05. The first-order valence-electron chi connectivity index (χ1n) is 5.87. The van der Waals surface area contributed by atoms with Crippen LogP contribution in [0.4, 0.5) is 15.0 Å². The Morgan fingerprint density at radius 2 is 2.21 bits per heavy atom. The number of hydrogen-bond acceptors (Lipinski definition) is 3. The molecule has 0 aliphatic rings. The smallest absolute Gasteiger partial charge is 0.320 e. The van der Waals surface area contributed by atoms with Crippen molar-refractivity contribution in [2.24, 2.45) is 0 Å². The first-order valence-corrected chi connectivity index (χ1v) is 5.87. The van der Waals surface area contributed by atoms with Crippen LogP contribution in [0.3, 0.4) is 0 Å². The van der Waals surface area contributed by atoms with Crippen molar-refractivity contribution in [1.82, 2.24) is 10.5 Å². The van der Waals surface area contributed by atoms with Crippen LogP contribution in [0.25, 0.3) is 0 Å². The summed E-state index contributed by atoms with van der Waals surface area (Å²) in [6.07, 6.45) is 0.429. The number of carbonyl (C=O) groups excluding carboxylic acids is 1. The fourth-order valence-corrected chi connectivity index (χ4v) is 1.60. The number of aryl methyl sites for hydroxylation is 1. The largest absolute Gasteiger partial charge is 0.360 e. The van der Waals surface area contributed by atoms with Crippen LogP contribution >= 0.6 is 0 Å². The molecule has 0 bridgehead atoms. The molecule has 0 fully saturated rings. The predicted molar refractivity (Wildman–Crippen MR) is 68.4 cm³/mol. The minimum Gasteiger partial charge on any atom is -0.360 e. The number of rotatable bonds is 4. The van der Waals surface area contributed by atoms with E-state index in [1.54, 1.807) is 31.2 Å². The first kappa shape index (κ1) is 13.1. The minimum absolute atomic E-state index is 0.267. The number of carbonyl (C=O) groups is 1. The van der Waals surface area contributed by atoms with E-state index in [2.05, 4.69) is 15.8 Å². The highest BCUT2D eigenvalue weighted by atomic mass is 19.1. The fourth-order valence-electron chi connectivity index (χ4n) is 1.60. The summed E-state index contributed by atoms with van der Waals surface area (Å²) in [5.41, 5.74) is 0.570. The molecule has 0 aliphatic carbocycles. The van der Waals surface area contributed by atoms with Gasteiger partial charge in [-0.05, 0) is 25.0 Å². The van der Waals surface area contributed by atoms with Gasteiger partial charge in [0.1, 0.15) is 11.6 Å². The van der Waals surface area contributed by atoms with Crippen molar-refractivity contribution in [2.45, 2.75) is 13.3 Å². The molecule has 6 heteroatoms. The second kappa shape index (κ2) is 5.99. The number of hydrogen-bond donors (Lipinski definition) is 2. The van der Waals surface area contributed by atoms with Crippen molar-refractivity contribution in [3.8, 4) is 0 Å². The second-order valence-corrected chi connectivity index (χ2v) is 4.05. The number of halogens is 1. The number of nitrogens with one attached hydrogen (secondary N) is 2. The number of nitrogens with zero attached hydrogens (tertiary/aromatic N) is 1. The van der Waals surface area contributed by atoms with Crippen LogP contribution in [0.15, 0.2) is 34.9 Å². The van der Waals surface area contributed by atoms with Gasteiger partial charge in [-0.1, -0.05) is 23.4 Å². The molecular formula is C13H14FN3O2. The topological polar surface area (TPSA) is 67.2 Å². The van der Waals surface area contributed by atoms with Crippen molar-refractivity contribution in [3.05, 3.63) is 47.5 Å². The molecule has 0 saturated carbocycles. The average Bonchev–Trinajstić information content (AvgIpc) is 2.77. The van der Waals surface area contributed by atoms with Crippen LogP contribution in [-0.4, -0.2) is 17.7 Å². The van der Waals surface area contributed by atoms with E-state index in [4.69, 9.17) is 4.52 Å². The third-order valence-corrected chi connectivity index (χ3v) is 2.51. The molecule has 1 aromatic carbocycles. The molecule has 0 unspecified atom stereocenters. The highest BCUT2D eigenvalue weighted by molar-refractivity contribution is 5.88. The van der Waals surface area contributed by atoms with Gasteiger partial charge in [-0.3, -0.25) is 5.32 Å². The summed E-state index contributed by atoms with van der Waals surface area (Å²) in [5.74, 6) is 0.694. The van der Waals surface area contributed by atoms with E-state index in [0.29, 0.717) is 30.1 Å². The highest BCUT2D eigenvalue weighted by Gasteiger charge is 2.06. The Morgan fingerprint density at radius 1 is 1.42 bits per heavy atom. The summed E-state index contributed by atoms with van der Waals surface area (Å²) in [4.78, 5) is 11.5. The average molecular weight is 263 g/mol. The Hall–Kier alpha value is -2.37. The van der Waals surface area contributed by atoms with Gasteiger partial charge in [0.25, 0.3) is 0 Å². The lowest BCUT2D eigenvalue weighted by Crippen LogP contribution is -2.30. The van der Waals surface area contributed by atoms with Gasteiger partial charge >= 0.3 is 6.03 Å². The van der Waals surface area contributed by atoms with E-state index in [-0.39, 0.29) is 5.82 Å². The fraction of sp³-hybridized carbons (Fsp3) is 0.231. The first-order chi connectivity index (χ1) is 9.15. The van der Waals surface area contributed by atoms with Gasteiger partial charge in [-0.2, -0.15) is 0 Å². The Balaban J connectivity index is 1.77. The van der Waals surface area contributed by atoms with Crippen LogP contribution in [0.2, 0.25) is 0 Å². The van der Waals surface area contributed by atoms with Crippen LogP contribution in [0.1, 0.15) is 11.3 Å². The number of amides is 2. The zero-order valence-electron chi connectivity index (χ0n) is 10.4. The van der Waals surface area contributed by atoms with Gasteiger partial charge in [-0.25, -0.2) is 9.18 Å². The van der Waals surface area contributed by atoms with E-state index in [1.165, 1.54) is 6.07 Å². The molecule has 0 atom stereocenters. The van der Waals surface area contributed by atoms with Crippen molar-refractivity contribution in [3.63, 3.8) is 0 Å². The van der Waals surface area contributed by atoms with Crippen molar-refractivity contribution >= 4 is 11.8 Å². The number of benzene rings is 1. The van der Waals surface area contributed by atoms with Crippen molar-refractivity contribution < 1.29 is 13.7 Å². The minimum atomic E-state index is -0.398. The molecule has 2 aromatic rings. The van der Waals surface area contributed by atoms with Crippen LogP contribution in [-0.2, 0) is 6.42 Å². The summed E-state index contributed by atoms with van der Waals surface area (Å²) < 4.78 is 18.1. The molecule has 1 aromatic heterocycles. The van der Waals surface area contributed by atoms with E-state index < -0.39 is 6.03 Å². The lowest BCUT2D eigenvalue weighted by molar-refractivity contribution is 0.252. The monoisotopic (exact) mass is 263 g/mol. The predicted octanol–water partition coefficient (Wildman–Crippen LogP) is 2.49. The third-order valence-electron chi connectivity index (χ3n) is 2.51. The van der Waals surface area contributed by atoms with E-state index in [9.17, 15) is 9.18 Å². The maximum Gasteiger partial charge on any atom is 0.320 e. The van der Waals surface area contributed by atoms with Gasteiger partial charge in [-0.15, -0.1) is 0 Å². The van der Waals surface area contributed by atoms with Crippen molar-refractivity contribution in [2.75, 3.05) is 11.9 Å². The Bertz CT molecular complexity index is 569. The standard InChI is InChI=1S/C13H14FN3O2/c1-9-8-12(17-19-9)16-13(18)15-7-6-10-4-2-3-5-11(10)14/h2-5,8H,6-7H2,1H3,(H2,15,16,17,18). The highest BCUT2D eigenvalue weighted by Crippen LogP contribution is 2.07. The number of urea groups is 1. The molecule has 0 spiro atoms. The zero-order valence-corrected chi connectivity index (χ0v) is 10.4. The van der Waals surface area contributed by atoms with Crippen LogP contribution in [0.5, 0.6) is 0 Å². The molecule has 2 amide bonds. The third kappa shape index (κ3) is 3.80. The molecule has 1 heterocycles. The summed E-state index contributed by atoms with van der Waals surface area (Å²) in [6, 6.07) is 7.69. The summed E-state index contributed by atoms with van der Waals surface area (Å²) in [7, 11) is 0. The molecule has 0 saturated heterocycles. The van der Waals surface area contributed by atoms with Crippen molar-refractivity contribution in [1.29, 1.82) is 0 Å². The Morgan fingerprint density at radius 3 is 2.89 bits per heavy atom. The van der Waals surface area contributed by atoms with E-state index in [1.807, 2.05) is 0 Å². The SMILES string of the molecule is Cc1cc(NC(=O)NCCc2ccccc2F)no1. The molecule has 19 heavy (non-hydrogen) atoms. The molecule has 2 rings (SSSR count). The lowest BCUT2D eigenvalue weighted by Gasteiger charge is -2.05. The van der Waals surface area contributed by atoms with Crippen LogP contribution in [0, 0.1) is 12.7 Å². The Labute approximate surface area is 109 Å². The Kier molecular flexibility index (Phi) is 4.12. The van der Waals surface area contributed by atoms with Gasteiger partial charge in [0.2, 0.25) is 0 Å². The maximum absolute atomic E-state index is 13.3.